The summed E-state index contributed by atoms with van der Waals surface area (Å²) < 4.78 is 20.9. The molecular formula is C21H20FN5O2S. The van der Waals surface area contributed by atoms with E-state index in [9.17, 15) is 9.18 Å². The van der Waals surface area contributed by atoms with Crippen molar-refractivity contribution < 1.29 is 13.9 Å². The number of halogens is 1. The summed E-state index contributed by atoms with van der Waals surface area (Å²) in [5, 5.41) is 12.0. The average molecular weight is 425 g/mol. The molecule has 2 aromatic rings. The van der Waals surface area contributed by atoms with E-state index in [0.29, 0.717) is 27.7 Å². The van der Waals surface area contributed by atoms with Crippen molar-refractivity contribution in [2.24, 2.45) is 16.6 Å². The highest BCUT2D eigenvalue weighted by molar-refractivity contribution is 8.13. The van der Waals surface area contributed by atoms with Crippen LogP contribution in [0.5, 0.6) is 0 Å². The van der Waals surface area contributed by atoms with Gasteiger partial charge in [-0.25, -0.2) is 14.4 Å². The monoisotopic (exact) mass is 425 g/mol. The molecule has 0 unspecified atom stereocenters. The number of carbonyl (C=O) groups is 1. The Bertz CT molecular complexity index is 1050. The third kappa shape index (κ3) is 3.53. The number of hydrogen-bond donors (Lipinski definition) is 2. The molecule has 9 heteroatoms. The van der Waals surface area contributed by atoms with Crippen LogP contribution in [0.25, 0.3) is 0 Å². The minimum Gasteiger partial charge on any atom is -0.379 e. The fraction of sp³-hybridized carbons (Fsp3) is 0.333. The Morgan fingerprint density at radius 2 is 2.30 bits per heavy atom. The standard InChI is InChI=1S/C21H20FN5O2S/c1-2-18-15-10-30-20(24)27-21(15,11-29-18)14-7-13(4-5-16(14)22)26-19(28)17-6-3-12(8-23)9-25-17/h3-7,9,15,18H,2,10-11H2,1H3,(H2,24,27)(H,26,28)/t15-,18-,21-/m1/s1. The molecule has 4 rings (SSSR count). The number of carbonyl (C=O) groups excluding carboxylic acids is 1. The largest absolute Gasteiger partial charge is 0.379 e. The quantitative estimate of drug-likeness (QED) is 0.778. The van der Waals surface area contributed by atoms with Gasteiger partial charge >= 0.3 is 0 Å². The van der Waals surface area contributed by atoms with Crippen LogP contribution in [-0.4, -0.2) is 34.5 Å². The van der Waals surface area contributed by atoms with Gasteiger partial charge in [0.1, 0.15) is 23.1 Å². The van der Waals surface area contributed by atoms with E-state index in [-0.39, 0.29) is 24.3 Å². The van der Waals surface area contributed by atoms with Gasteiger partial charge in [-0.3, -0.25) is 4.79 Å². The van der Waals surface area contributed by atoms with Crippen LogP contribution in [0.1, 0.15) is 35.0 Å². The number of aromatic nitrogens is 1. The van der Waals surface area contributed by atoms with Crippen molar-refractivity contribution in [3.05, 3.63) is 59.2 Å². The van der Waals surface area contributed by atoms with E-state index in [2.05, 4.69) is 15.3 Å². The number of nitrogens with zero attached hydrogens (tertiary/aromatic N) is 3. The van der Waals surface area contributed by atoms with Gasteiger partial charge < -0.3 is 15.8 Å². The predicted octanol–water partition coefficient (Wildman–Crippen LogP) is 3.03. The van der Waals surface area contributed by atoms with Crippen molar-refractivity contribution in [2.45, 2.75) is 25.0 Å². The number of thioether (sulfide) groups is 1. The maximum Gasteiger partial charge on any atom is 0.274 e. The molecule has 0 bridgehead atoms. The van der Waals surface area contributed by atoms with Gasteiger partial charge in [-0.15, -0.1) is 0 Å². The number of benzene rings is 1. The average Bonchev–Trinajstić information content (AvgIpc) is 3.13. The first kappa shape index (κ1) is 20.3. The van der Waals surface area contributed by atoms with E-state index < -0.39 is 17.3 Å². The molecule has 0 saturated carbocycles. The van der Waals surface area contributed by atoms with Gasteiger partial charge in [0, 0.05) is 29.1 Å². The van der Waals surface area contributed by atoms with Crippen molar-refractivity contribution in [1.29, 1.82) is 5.26 Å². The second kappa shape index (κ2) is 8.05. The molecule has 1 amide bonds. The summed E-state index contributed by atoms with van der Waals surface area (Å²) in [6.45, 7) is 2.27. The molecule has 0 aliphatic carbocycles. The number of rotatable bonds is 4. The lowest BCUT2D eigenvalue weighted by atomic mass is 9.78. The molecule has 7 nitrogen and oxygen atoms in total. The van der Waals surface area contributed by atoms with Gasteiger partial charge in [-0.2, -0.15) is 5.26 Å². The minimum absolute atomic E-state index is 0.0135. The molecule has 2 aliphatic heterocycles. The Labute approximate surface area is 177 Å². The highest BCUT2D eigenvalue weighted by Crippen LogP contribution is 2.49. The second-order valence-electron chi connectivity index (χ2n) is 7.24. The van der Waals surface area contributed by atoms with Gasteiger partial charge in [-0.1, -0.05) is 18.7 Å². The Morgan fingerprint density at radius 3 is 3.00 bits per heavy atom. The molecule has 30 heavy (non-hydrogen) atoms. The van der Waals surface area contributed by atoms with Crippen molar-refractivity contribution >= 4 is 28.5 Å². The van der Waals surface area contributed by atoms with Crippen molar-refractivity contribution in [2.75, 3.05) is 17.7 Å². The second-order valence-corrected chi connectivity index (χ2v) is 8.28. The van der Waals surface area contributed by atoms with Gasteiger partial charge in [0.2, 0.25) is 0 Å². The number of nitrogens with two attached hydrogens (primary N) is 1. The number of anilines is 1. The van der Waals surface area contributed by atoms with Crippen LogP contribution in [-0.2, 0) is 10.3 Å². The fourth-order valence-corrected chi connectivity index (χ4v) is 5.06. The van der Waals surface area contributed by atoms with E-state index in [0.717, 1.165) is 6.42 Å². The zero-order valence-electron chi connectivity index (χ0n) is 16.3. The van der Waals surface area contributed by atoms with E-state index >= 15 is 0 Å². The third-order valence-corrected chi connectivity index (χ3v) is 6.43. The van der Waals surface area contributed by atoms with E-state index in [1.54, 1.807) is 6.07 Å². The minimum atomic E-state index is -0.909. The lowest BCUT2D eigenvalue weighted by molar-refractivity contribution is 0.0904. The number of ether oxygens (including phenoxy) is 1. The first-order chi connectivity index (χ1) is 14.5. The molecule has 3 heterocycles. The number of amides is 1. The van der Waals surface area contributed by atoms with E-state index in [1.807, 2.05) is 13.0 Å². The Hall–Kier alpha value is -2.96. The summed E-state index contributed by atoms with van der Waals surface area (Å²) in [4.78, 5) is 21.2. The molecule has 1 aromatic heterocycles. The summed E-state index contributed by atoms with van der Waals surface area (Å²) in [6, 6.07) is 9.33. The normalized spacial score (nSPS) is 25.2. The molecular weight excluding hydrogens is 405 g/mol. The number of nitrogens with one attached hydrogen (secondary N) is 1. The Balaban J connectivity index is 1.67. The number of fused-ring (bicyclic) bond motifs is 1. The zero-order chi connectivity index (χ0) is 21.3. The maximum atomic E-state index is 15.0. The van der Waals surface area contributed by atoms with Crippen molar-refractivity contribution in [3.63, 3.8) is 0 Å². The highest BCUT2D eigenvalue weighted by Gasteiger charge is 2.53. The predicted molar refractivity (Wildman–Crippen MR) is 113 cm³/mol. The van der Waals surface area contributed by atoms with Crippen LogP contribution in [0.4, 0.5) is 10.1 Å². The Kier molecular flexibility index (Phi) is 5.45. The van der Waals surface area contributed by atoms with Crippen LogP contribution in [0.15, 0.2) is 41.5 Å². The smallest absolute Gasteiger partial charge is 0.274 e. The Morgan fingerprint density at radius 1 is 1.47 bits per heavy atom. The van der Waals surface area contributed by atoms with E-state index in [4.69, 9.17) is 15.7 Å². The fourth-order valence-electron chi connectivity index (χ4n) is 3.99. The molecule has 154 valence electrons. The number of aliphatic imine (C=N–C) groups is 1. The van der Waals surface area contributed by atoms with Gasteiger partial charge in [-0.05, 0) is 36.8 Å². The first-order valence-corrected chi connectivity index (χ1v) is 10.5. The summed E-state index contributed by atoms with van der Waals surface area (Å²) in [5.41, 5.74) is 6.39. The molecule has 3 atom stereocenters. The number of nitriles is 1. The molecule has 1 aromatic carbocycles. The first-order valence-electron chi connectivity index (χ1n) is 9.54. The molecule has 1 saturated heterocycles. The lowest BCUT2D eigenvalue weighted by Gasteiger charge is -2.36. The number of hydrogen-bond acceptors (Lipinski definition) is 7. The molecule has 0 spiro atoms. The summed E-state index contributed by atoms with van der Waals surface area (Å²) >= 11 is 1.45. The van der Waals surface area contributed by atoms with Crippen LogP contribution in [0.2, 0.25) is 0 Å². The van der Waals surface area contributed by atoms with Crippen LogP contribution in [0, 0.1) is 23.1 Å². The van der Waals surface area contributed by atoms with E-state index in [1.165, 1.54) is 42.2 Å². The van der Waals surface area contributed by atoms with Gasteiger partial charge in [0.25, 0.3) is 5.91 Å². The molecule has 2 aliphatic rings. The number of amidine groups is 1. The molecule has 3 N–H and O–H groups in total. The van der Waals surface area contributed by atoms with Gasteiger partial charge in [0.15, 0.2) is 5.17 Å². The molecule has 1 fully saturated rings. The SMILES string of the molecule is CC[C@H]1OC[C@]2(c3cc(NC(=O)c4ccc(C#N)cn4)ccc3F)N=C(N)SC[C@H]12. The highest BCUT2D eigenvalue weighted by atomic mass is 32.2. The summed E-state index contributed by atoms with van der Waals surface area (Å²) in [5.74, 6) is -0.194. The summed E-state index contributed by atoms with van der Waals surface area (Å²) in [7, 11) is 0. The number of pyridine rings is 1. The van der Waals surface area contributed by atoms with Crippen LogP contribution in [0.3, 0.4) is 0 Å². The summed E-state index contributed by atoms with van der Waals surface area (Å²) in [6.07, 6.45) is 2.09. The topological polar surface area (TPSA) is 113 Å². The van der Waals surface area contributed by atoms with Crippen molar-refractivity contribution in [3.8, 4) is 6.07 Å². The zero-order valence-corrected chi connectivity index (χ0v) is 17.1. The third-order valence-electron chi connectivity index (χ3n) is 5.52. The van der Waals surface area contributed by atoms with Gasteiger partial charge in [0.05, 0.1) is 18.3 Å². The maximum absolute atomic E-state index is 15.0. The molecule has 0 radical (unpaired) electrons. The lowest BCUT2D eigenvalue weighted by Crippen LogP contribution is -2.42. The van der Waals surface area contributed by atoms with Crippen LogP contribution >= 0.6 is 11.8 Å². The van der Waals surface area contributed by atoms with Crippen molar-refractivity contribution in [1.82, 2.24) is 4.98 Å². The van der Waals surface area contributed by atoms with Crippen LogP contribution < -0.4 is 11.1 Å².